The van der Waals surface area contributed by atoms with E-state index in [1.807, 2.05) is 18.2 Å². The smallest absolute Gasteiger partial charge is 0.264 e. The van der Waals surface area contributed by atoms with Crippen LogP contribution < -0.4 is 10.3 Å². The van der Waals surface area contributed by atoms with E-state index in [2.05, 4.69) is 10.2 Å². The van der Waals surface area contributed by atoms with Gasteiger partial charge >= 0.3 is 0 Å². The molecule has 110 valence electrons. The van der Waals surface area contributed by atoms with Gasteiger partial charge in [-0.25, -0.2) is 9.49 Å². The molecule has 0 fully saturated rings. The average molecular weight is 296 g/mol. The molecule has 22 heavy (non-hydrogen) atoms. The van der Waals surface area contributed by atoms with Gasteiger partial charge in [0, 0.05) is 12.5 Å². The average Bonchev–Trinajstić information content (AvgIpc) is 2.54. The maximum absolute atomic E-state index is 13.9. The van der Waals surface area contributed by atoms with Crippen molar-refractivity contribution >= 4 is 0 Å². The quantitative estimate of drug-likeness (QED) is 0.803. The molecule has 3 rings (SSSR count). The third-order valence-corrected chi connectivity index (χ3v) is 3.09. The monoisotopic (exact) mass is 296 g/mol. The molecule has 0 aliphatic carbocycles. The van der Waals surface area contributed by atoms with Crippen molar-refractivity contribution in [2.45, 2.75) is 6.42 Å². The number of halogens is 1. The number of aromatic nitrogens is 2. The molecule has 0 amide bonds. The van der Waals surface area contributed by atoms with Gasteiger partial charge in [-0.15, -0.1) is 0 Å². The van der Waals surface area contributed by atoms with Crippen LogP contribution in [0.25, 0.3) is 0 Å². The van der Waals surface area contributed by atoms with E-state index in [-0.39, 0.29) is 11.3 Å². The summed E-state index contributed by atoms with van der Waals surface area (Å²) in [7, 11) is 0. The van der Waals surface area contributed by atoms with Crippen molar-refractivity contribution in [3.05, 3.63) is 88.1 Å². The third-order valence-electron chi connectivity index (χ3n) is 3.09. The highest BCUT2D eigenvalue weighted by Gasteiger charge is 2.07. The van der Waals surface area contributed by atoms with Crippen LogP contribution in [0.4, 0.5) is 4.39 Å². The first kappa shape index (κ1) is 14.0. The number of ether oxygens (including phenoxy) is 1. The number of nitrogens with zero attached hydrogens (tertiary/aromatic N) is 1. The van der Waals surface area contributed by atoms with Crippen molar-refractivity contribution in [1.82, 2.24) is 10.2 Å². The molecule has 0 saturated carbocycles. The summed E-state index contributed by atoms with van der Waals surface area (Å²) >= 11 is 0. The molecular weight excluding hydrogens is 283 g/mol. The molecule has 0 atom stereocenters. The fourth-order valence-electron chi connectivity index (χ4n) is 2.03. The Kier molecular flexibility index (Phi) is 3.96. The van der Waals surface area contributed by atoms with Crippen molar-refractivity contribution in [3.8, 4) is 11.5 Å². The van der Waals surface area contributed by atoms with Crippen LogP contribution in [0.1, 0.15) is 11.3 Å². The minimum absolute atomic E-state index is 0.160. The lowest BCUT2D eigenvalue weighted by atomic mass is 10.1. The maximum Gasteiger partial charge on any atom is 0.264 e. The van der Waals surface area contributed by atoms with Crippen LogP contribution in [0.5, 0.6) is 11.5 Å². The maximum atomic E-state index is 13.9. The molecular formula is C17H13FN2O2. The molecule has 1 heterocycles. The number of H-pyrrole nitrogens is 1. The Hall–Kier alpha value is -2.95. The number of nitrogens with one attached hydrogen (secondary N) is 1. The van der Waals surface area contributed by atoms with Crippen LogP contribution in [0, 0.1) is 5.82 Å². The lowest BCUT2D eigenvalue weighted by molar-refractivity contribution is 0.441. The molecule has 2 aromatic carbocycles. The molecule has 0 unspecified atom stereocenters. The van der Waals surface area contributed by atoms with E-state index in [0.717, 1.165) is 5.56 Å². The summed E-state index contributed by atoms with van der Waals surface area (Å²) in [4.78, 5) is 11.0. The number of para-hydroxylation sites is 1. The molecule has 4 nitrogen and oxygen atoms in total. The van der Waals surface area contributed by atoms with E-state index in [9.17, 15) is 9.18 Å². The van der Waals surface area contributed by atoms with Gasteiger partial charge in [0.1, 0.15) is 5.75 Å². The topological polar surface area (TPSA) is 55.0 Å². The minimum Gasteiger partial charge on any atom is -0.454 e. The number of benzene rings is 2. The van der Waals surface area contributed by atoms with E-state index in [1.165, 1.54) is 12.1 Å². The summed E-state index contributed by atoms with van der Waals surface area (Å²) < 4.78 is 19.4. The molecule has 0 aliphatic rings. The lowest BCUT2D eigenvalue weighted by Gasteiger charge is -2.08. The second-order valence-corrected chi connectivity index (χ2v) is 4.77. The highest BCUT2D eigenvalue weighted by atomic mass is 19.1. The molecule has 0 saturated heterocycles. The zero-order valence-electron chi connectivity index (χ0n) is 11.6. The Morgan fingerprint density at radius 3 is 2.59 bits per heavy atom. The minimum atomic E-state index is -0.429. The summed E-state index contributed by atoms with van der Waals surface area (Å²) in [6.45, 7) is 0. The SMILES string of the molecule is O=c1ccc(Cc2ccc(F)c(Oc3ccccc3)c2)n[nH]1. The predicted octanol–water partition coefficient (Wildman–Crippen LogP) is 3.29. The first-order valence-electron chi connectivity index (χ1n) is 6.77. The second kappa shape index (κ2) is 6.22. The lowest BCUT2D eigenvalue weighted by Crippen LogP contribution is -2.07. The summed E-state index contributed by atoms with van der Waals surface area (Å²) in [6.07, 6.45) is 0.474. The number of hydrogen-bond donors (Lipinski definition) is 1. The van der Waals surface area contributed by atoms with Gasteiger partial charge in [-0.2, -0.15) is 5.10 Å². The van der Waals surface area contributed by atoms with Crippen molar-refractivity contribution < 1.29 is 9.13 Å². The highest BCUT2D eigenvalue weighted by molar-refractivity contribution is 5.36. The largest absolute Gasteiger partial charge is 0.454 e. The third kappa shape index (κ3) is 3.38. The Labute approximate surface area is 126 Å². The van der Waals surface area contributed by atoms with Crippen LogP contribution in [0.15, 0.2) is 65.5 Å². The van der Waals surface area contributed by atoms with Gasteiger partial charge in [-0.1, -0.05) is 24.3 Å². The summed E-state index contributed by atoms with van der Waals surface area (Å²) in [5.41, 5.74) is 1.28. The summed E-state index contributed by atoms with van der Waals surface area (Å²) in [5, 5.41) is 6.31. The Morgan fingerprint density at radius 2 is 1.86 bits per heavy atom. The summed E-state index contributed by atoms with van der Waals surface area (Å²) in [6, 6.07) is 16.7. The fraction of sp³-hybridized carbons (Fsp3) is 0.0588. The Balaban J connectivity index is 1.83. The molecule has 0 bridgehead atoms. The van der Waals surface area contributed by atoms with Gasteiger partial charge < -0.3 is 4.74 Å². The van der Waals surface area contributed by atoms with Gasteiger partial charge in [-0.3, -0.25) is 4.79 Å². The summed E-state index contributed by atoms with van der Waals surface area (Å²) in [5.74, 6) is 0.302. The number of aromatic amines is 1. The molecule has 5 heteroatoms. The van der Waals surface area contributed by atoms with Crippen molar-refractivity contribution in [2.75, 3.05) is 0 Å². The van der Waals surface area contributed by atoms with E-state index >= 15 is 0 Å². The van der Waals surface area contributed by atoms with Crippen LogP contribution in [0.3, 0.4) is 0 Å². The Morgan fingerprint density at radius 1 is 1.05 bits per heavy atom. The number of rotatable bonds is 4. The zero-order valence-corrected chi connectivity index (χ0v) is 11.6. The van der Waals surface area contributed by atoms with Crippen LogP contribution >= 0.6 is 0 Å². The van der Waals surface area contributed by atoms with E-state index in [4.69, 9.17) is 4.74 Å². The normalized spacial score (nSPS) is 10.4. The molecule has 0 spiro atoms. The van der Waals surface area contributed by atoms with Gasteiger partial charge in [0.25, 0.3) is 5.56 Å². The van der Waals surface area contributed by atoms with Crippen molar-refractivity contribution in [2.24, 2.45) is 0 Å². The van der Waals surface area contributed by atoms with Crippen molar-refractivity contribution in [3.63, 3.8) is 0 Å². The molecule has 0 radical (unpaired) electrons. The molecule has 1 aromatic heterocycles. The molecule has 0 aliphatic heterocycles. The number of hydrogen-bond acceptors (Lipinski definition) is 3. The second-order valence-electron chi connectivity index (χ2n) is 4.77. The van der Waals surface area contributed by atoms with Gasteiger partial charge in [0.15, 0.2) is 11.6 Å². The van der Waals surface area contributed by atoms with Crippen LogP contribution in [-0.4, -0.2) is 10.2 Å². The first-order valence-corrected chi connectivity index (χ1v) is 6.77. The predicted molar refractivity (Wildman–Crippen MR) is 80.6 cm³/mol. The Bertz CT molecular complexity index is 811. The fourth-order valence-corrected chi connectivity index (χ4v) is 2.03. The van der Waals surface area contributed by atoms with E-state index in [0.29, 0.717) is 17.9 Å². The van der Waals surface area contributed by atoms with Gasteiger partial charge in [0.2, 0.25) is 0 Å². The van der Waals surface area contributed by atoms with E-state index < -0.39 is 5.82 Å². The highest BCUT2D eigenvalue weighted by Crippen LogP contribution is 2.26. The van der Waals surface area contributed by atoms with Crippen LogP contribution in [0.2, 0.25) is 0 Å². The van der Waals surface area contributed by atoms with Gasteiger partial charge in [0.05, 0.1) is 5.69 Å². The van der Waals surface area contributed by atoms with Crippen LogP contribution in [-0.2, 0) is 6.42 Å². The van der Waals surface area contributed by atoms with Crippen molar-refractivity contribution in [1.29, 1.82) is 0 Å². The van der Waals surface area contributed by atoms with Gasteiger partial charge in [-0.05, 0) is 35.9 Å². The standard InChI is InChI=1S/C17H13FN2O2/c18-15-8-6-12(10-13-7-9-17(21)20-19-13)11-16(15)22-14-4-2-1-3-5-14/h1-9,11H,10H2,(H,20,21). The first-order chi connectivity index (χ1) is 10.7. The van der Waals surface area contributed by atoms with E-state index in [1.54, 1.807) is 30.3 Å². The zero-order chi connectivity index (χ0) is 15.4. The molecule has 1 N–H and O–H groups in total. The molecule has 3 aromatic rings.